The van der Waals surface area contributed by atoms with E-state index in [4.69, 9.17) is 0 Å². The average molecular weight is 262 g/mol. The normalized spacial score (nSPS) is 11.8. The highest BCUT2D eigenvalue weighted by Crippen LogP contribution is 2.22. The van der Waals surface area contributed by atoms with Gasteiger partial charge in [0.05, 0.1) is 0 Å². The van der Waals surface area contributed by atoms with Crippen molar-refractivity contribution in [2.45, 2.75) is 67.2 Å². The Bertz CT molecular complexity index is 391. The third-order valence-electron chi connectivity index (χ3n) is 3.45. The number of hydrogen-bond acceptors (Lipinski definition) is 1. The Morgan fingerprint density at radius 1 is 1.16 bits per heavy atom. The maximum absolute atomic E-state index is 11.7. The van der Waals surface area contributed by atoms with Crippen molar-refractivity contribution in [1.29, 1.82) is 0 Å². The number of benzene rings is 1. The average Bonchev–Trinajstić information content (AvgIpc) is 2.40. The van der Waals surface area contributed by atoms with Crippen molar-refractivity contribution in [3.8, 4) is 0 Å². The first-order valence-electron chi connectivity index (χ1n) is 7.59. The highest BCUT2D eigenvalue weighted by Gasteiger charge is 2.12. The van der Waals surface area contributed by atoms with E-state index < -0.39 is 0 Å². The van der Waals surface area contributed by atoms with Gasteiger partial charge < -0.3 is 0 Å². The van der Waals surface area contributed by atoms with Gasteiger partial charge in [0.2, 0.25) is 0 Å². The van der Waals surface area contributed by atoms with Crippen LogP contribution in [0, 0.1) is 5.92 Å². The molecule has 1 rings (SSSR count). The number of carbonyl (C=O) groups excluding carboxylic acids is 1. The highest BCUT2D eigenvalue weighted by molar-refractivity contribution is 5.95. The van der Waals surface area contributed by atoms with Crippen LogP contribution in [0.5, 0.6) is 0 Å². The van der Waals surface area contributed by atoms with Crippen molar-refractivity contribution in [1.82, 2.24) is 0 Å². The Labute approximate surface area is 119 Å². The maximum atomic E-state index is 11.7. The van der Waals surface area contributed by atoms with E-state index in [1.54, 1.807) is 6.92 Å². The lowest BCUT2D eigenvalue weighted by atomic mass is 9.90. The molecule has 0 heterocycles. The predicted molar refractivity (Wildman–Crippen MR) is 85.0 cm³/mol. The molecule has 1 unspecified atom stereocenters. The summed E-state index contributed by atoms with van der Waals surface area (Å²) in [6.07, 6.45) is 2.16. The largest absolute Gasteiger partial charge is 0.295 e. The van der Waals surface area contributed by atoms with Crippen LogP contribution in [-0.4, -0.2) is 5.78 Å². The van der Waals surface area contributed by atoms with Crippen LogP contribution in [0.15, 0.2) is 18.2 Å². The van der Waals surface area contributed by atoms with Crippen LogP contribution in [0.2, 0.25) is 0 Å². The molecule has 19 heavy (non-hydrogen) atoms. The van der Waals surface area contributed by atoms with Crippen LogP contribution < -0.4 is 0 Å². The van der Waals surface area contributed by atoms with E-state index in [1.165, 1.54) is 11.1 Å². The first kappa shape index (κ1) is 17.9. The molecule has 0 aliphatic rings. The number of carbonyl (C=O) groups is 1. The summed E-state index contributed by atoms with van der Waals surface area (Å²) in [6, 6.07) is 6.37. The van der Waals surface area contributed by atoms with Gasteiger partial charge in [0.15, 0.2) is 5.78 Å². The van der Waals surface area contributed by atoms with Crippen LogP contribution in [0.4, 0.5) is 0 Å². The van der Waals surface area contributed by atoms with Gasteiger partial charge in [-0.1, -0.05) is 60.1 Å². The predicted octanol–water partition coefficient (Wildman–Crippen LogP) is 5.63. The zero-order valence-corrected chi connectivity index (χ0v) is 13.7. The zero-order chi connectivity index (χ0) is 15.0. The molecule has 0 aliphatic heterocycles. The molecule has 1 heteroatoms. The van der Waals surface area contributed by atoms with Gasteiger partial charge >= 0.3 is 0 Å². The van der Waals surface area contributed by atoms with Gasteiger partial charge in [-0.2, -0.15) is 0 Å². The van der Waals surface area contributed by atoms with Crippen molar-refractivity contribution in [3.63, 3.8) is 0 Å². The van der Waals surface area contributed by atoms with Gasteiger partial charge in [-0.25, -0.2) is 0 Å². The fourth-order valence-corrected chi connectivity index (χ4v) is 1.98. The Balaban J connectivity index is 0.00000154. The molecule has 0 bridgehead atoms. The van der Waals surface area contributed by atoms with Gasteiger partial charge in [0, 0.05) is 5.56 Å². The lowest BCUT2D eigenvalue weighted by molar-refractivity contribution is 0.101. The third kappa shape index (κ3) is 5.59. The fourth-order valence-electron chi connectivity index (χ4n) is 1.98. The van der Waals surface area contributed by atoms with E-state index in [2.05, 4.69) is 45.9 Å². The summed E-state index contributed by atoms with van der Waals surface area (Å²) in [4.78, 5) is 11.7. The summed E-state index contributed by atoms with van der Waals surface area (Å²) in [5.74, 6) is 1.30. The number of Topliss-reactive ketones (excluding diaryl/α,β-unsaturated/α-hetero) is 1. The molecule has 0 aromatic heterocycles. The summed E-state index contributed by atoms with van der Waals surface area (Å²) >= 11 is 0. The lowest BCUT2D eigenvalue weighted by Gasteiger charge is -2.14. The van der Waals surface area contributed by atoms with Crippen molar-refractivity contribution >= 4 is 5.78 Å². The summed E-state index contributed by atoms with van der Waals surface area (Å²) in [5.41, 5.74) is 3.37. The van der Waals surface area contributed by atoms with E-state index in [-0.39, 0.29) is 5.78 Å². The first-order chi connectivity index (χ1) is 8.95. The molecular formula is C18H30O. The van der Waals surface area contributed by atoms with Crippen LogP contribution in [0.25, 0.3) is 0 Å². The van der Waals surface area contributed by atoms with E-state index in [0.717, 1.165) is 18.4 Å². The van der Waals surface area contributed by atoms with Crippen LogP contribution in [0.1, 0.15) is 82.3 Å². The smallest absolute Gasteiger partial charge is 0.160 e. The SMILES string of the molecule is CC.CCC(C)Cc1ccc(C(C)C)cc1C(C)=O. The number of hydrogen-bond donors (Lipinski definition) is 0. The molecule has 1 aromatic rings. The second-order valence-electron chi connectivity index (χ2n) is 5.35. The number of ketones is 1. The molecule has 0 spiro atoms. The molecule has 1 atom stereocenters. The van der Waals surface area contributed by atoms with Gasteiger partial charge in [-0.15, -0.1) is 0 Å². The van der Waals surface area contributed by atoms with Gasteiger partial charge in [-0.05, 0) is 42.4 Å². The van der Waals surface area contributed by atoms with Gasteiger partial charge in [0.1, 0.15) is 0 Å². The Hall–Kier alpha value is -1.11. The highest BCUT2D eigenvalue weighted by atomic mass is 16.1. The topological polar surface area (TPSA) is 17.1 Å². The third-order valence-corrected chi connectivity index (χ3v) is 3.45. The van der Waals surface area contributed by atoms with Crippen LogP contribution in [-0.2, 0) is 6.42 Å². The molecule has 1 nitrogen and oxygen atoms in total. The second-order valence-corrected chi connectivity index (χ2v) is 5.35. The lowest BCUT2D eigenvalue weighted by Crippen LogP contribution is -2.06. The summed E-state index contributed by atoms with van der Waals surface area (Å²) in [7, 11) is 0. The minimum Gasteiger partial charge on any atom is -0.295 e. The van der Waals surface area contributed by atoms with Crippen molar-refractivity contribution < 1.29 is 4.79 Å². The first-order valence-corrected chi connectivity index (χ1v) is 7.59. The Morgan fingerprint density at radius 3 is 2.16 bits per heavy atom. The van der Waals surface area contributed by atoms with Crippen LogP contribution in [0.3, 0.4) is 0 Å². The van der Waals surface area contributed by atoms with E-state index in [0.29, 0.717) is 11.8 Å². The molecule has 0 N–H and O–H groups in total. The van der Waals surface area contributed by atoms with E-state index in [1.807, 2.05) is 13.8 Å². The van der Waals surface area contributed by atoms with Crippen molar-refractivity contribution in [2.75, 3.05) is 0 Å². The molecule has 0 saturated heterocycles. The Morgan fingerprint density at radius 2 is 1.74 bits per heavy atom. The van der Waals surface area contributed by atoms with E-state index in [9.17, 15) is 4.79 Å². The standard InChI is InChI=1S/C16H24O.C2H6/c1-6-12(4)9-15-8-7-14(11(2)3)10-16(15)13(5)17;1-2/h7-8,10-12H,6,9H2,1-5H3;1-2H3. The van der Waals surface area contributed by atoms with Crippen molar-refractivity contribution in [3.05, 3.63) is 34.9 Å². The van der Waals surface area contributed by atoms with Gasteiger partial charge in [0.25, 0.3) is 0 Å². The zero-order valence-electron chi connectivity index (χ0n) is 13.7. The van der Waals surface area contributed by atoms with Crippen molar-refractivity contribution in [2.24, 2.45) is 5.92 Å². The monoisotopic (exact) mass is 262 g/mol. The summed E-state index contributed by atoms with van der Waals surface area (Å²) < 4.78 is 0. The van der Waals surface area contributed by atoms with Gasteiger partial charge in [-0.3, -0.25) is 4.79 Å². The summed E-state index contributed by atoms with van der Waals surface area (Å²) in [5, 5.41) is 0. The molecule has 0 radical (unpaired) electrons. The molecule has 0 fully saturated rings. The summed E-state index contributed by atoms with van der Waals surface area (Å²) in [6.45, 7) is 14.4. The van der Waals surface area contributed by atoms with Crippen LogP contribution >= 0.6 is 0 Å². The number of rotatable bonds is 5. The molecular weight excluding hydrogens is 232 g/mol. The molecule has 108 valence electrons. The fraction of sp³-hybridized carbons (Fsp3) is 0.611. The van der Waals surface area contributed by atoms with E-state index >= 15 is 0 Å². The second kappa shape index (κ2) is 8.90. The minimum absolute atomic E-state index is 0.186. The molecule has 0 aliphatic carbocycles. The molecule has 1 aromatic carbocycles. The minimum atomic E-state index is 0.186. The molecule has 0 saturated carbocycles. The molecule has 0 amide bonds. The maximum Gasteiger partial charge on any atom is 0.160 e. The quantitative estimate of drug-likeness (QED) is 0.629. The Kier molecular flexibility index (Phi) is 8.38.